The van der Waals surface area contributed by atoms with Gasteiger partial charge in [-0.05, 0) is 43.9 Å². The van der Waals surface area contributed by atoms with Gasteiger partial charge in [-0.2, -0.15) is 0 Å². The van der Waals surface area contributed by atoms with Gasteiger partial charge in [-0.1, -0.05) is 23.7 Å². The molecule has 0 bridgehead atoms. The number of carbonyl (C=O) groups excluding carboxylic acids is 3. The summed E-state index contributed by atoms with van der Waals surface area (Å²) in [6.07, 6.45) is 2.42. The third kappa shape index (κ3) is 10.7. The number of primary amides is 1. The van der Waals surface area contributed by atoms with Gasteiger partial charge >= 0.3 is 0 Å². The van der Waals surface area contributed by atoms with Gasteiger partial charge in [0, 0.05) is 13.1 Å². The first-order valence-corrected chi connectivity index (χ1v) is 11.8. The number of rotatable bonds is 14. The van der Waals surface area contributed by atoms with Crippen LogP contribution < -0.4 is 33.0 Å². The van der Waals surface area contributed by atoms with Crippen molar-refractivity contribution in [3.8, 4) is 5.75 Å². The van der Waals surface area contributed by atoms with E-state index in [1.54, 1.807) is 4.90 Å². The standard InChI is InChI=1S/C23H32ClN9O4/c1-14(34)12-33(13-17(25)35)10-11-37-16-7-5-15(6-8-16)4-2-3-9-29-23(28)32-22(36)18-20(26)31-21(27)19(24)30-18/h5-8H,2-4,9-13H2,1H3,(H2,25,35)(H4,26,27,31)(H3,28,29,32,36). The number of anilines is 2. The number of hydrogen-bond donors (Lipinski definition) is 5. The quantitative estimate of drug-likeness (QED) is 0.125. The van der Waals surface area contributed by atoms with Crippen LogP contribution in [0.5, 0.6) is 5.75 Å². The molecule has 2 amide bonds. The lowest BCUT2D eigenvalue weighted by molar-refractivity contribution is -0.121. The summed E-state index contributed by atoms with van der Waals surface area (Å²) in [5.41, 5.74) is 23.1. The number of carbonyl (C=O) groups is 3. The molecule has 1 aromatic carbocycles. The highest BCUT2D eigenvalue weighted by Gasteiger charge is 2.16. The number of nitrogens with two attached hydrogens (primary N) is 4. The number of amides is 2. The highest BCUT2D eigenvalue weighted by Crippen LogP contribution is 2.17. The van der Waals surface area contributed by atoms with Crippen LogP contribution in [0.4, 0.5) is 11.6 Å². The molecule has 0 saturated carbocycles. The number of nitrogens with zero attached hydrogens (tertiary/aromatic N) is 4. The van der Waals surface area contributed by atoms with E-state index >= 15 is 0 Å². The molecule has 0 aliphatic carbocycles. The van der Waals surface area contributed by atoms with E-state index < -0.39 is 11.8 Å². The van der Waals surface area contributed by atoms with Crippen LogP contribution in [0, 0.1) is 0 Å². The van der Waals surface area contributed by atoms with Gasteiger partial charge in [0.1, 0.15) is 18.1 Å². The van der Waals surface area contributed by atoms with Gasteiger partial charge in [-0.15, -0.1) is 0 Å². The number of halogens is 1. The third-order valence-electron chi connectivity index (χ3n) is 4.94. The molecule has 13 nitrogen and oxygen atoms in total. The number of aromatic nitrogens is 2. The average Bonchev–Trinajstić information content (AvgIpc) is 2.81. The monoisotopic (exact) mass is 533 g/mol. The molecule has 0 spiro atoms. The van der Waals surface area contributed by atoms with Crippen molar-refractivity contribution in [3.05, 3.63) is 40.7 Å². The molecule has 0 radical (unpaired) electrons. The summed E-state index contributed by atoms with van der Waals surface area (Å²) in [5.74, 6) is -0.852. The fraction of sp³-hybridized carbons (Fsp3) is 0.391. The second-order valence-electron chi connectivity index (χ2n) is 8.18. The summed E-state index contributed by atoms with van der Waals surface area (Å²) in [6.45, 7) is 2.75. The van der Waals surface area contributed by atoms with Crippen molar-refractivity contribution in [2.75, 3.05) is 44.3 Å². The third-order valence-corrected chi connectivity index (χ3v) is 5.22. The number of ketones is 1. The average molecular weight is 534 g/mol. The van der Waals surface area contributed by atoms with Crippen LogP contribution in [-0.2, 0) is 16.0 Å². The number of unbranched alkanes of at least 4 members (excludes halogenated alkanes) is 1. The summed E-state index contributed by atoms with van der Waals surface area (Å²) in [6, 6.07) is 7.66. The Labute approximate surface area is 219 Å². The predicted molar refractivity (Wildman–Crippen MR) is 141 cm³/mol. The maximum atomic E-state index is 12.2. The number of aryl methyl sites for hydroxylation is 1. The van der Waals surface area contributed by atoms with Crippen LogP contribution >= 0.6 is 11.6 Å². The van der Waals surface area contributed by atoms with E-state index in [9.17, 15) is 14.4 Å². The molecule has 14 heteroatoms. The van der Waals surface area contributed by atoms with Crippen molar-refractivity contribution in [3.63, 3.8) is 0 Å². The van der Waals surface area contributed by atoms with Gasteiger partial charge in [-0.3, -0.25) is 29.6 Å². The number of guanidine groups is 1. The van der Waals surface area contributed by atoms with E-state index in [2.05, 4.69) is 20.3 Å². The predicted octanol–water partition coefficient (Wildman–Crippen LogP) is 0.117. The Morgan fingerprint density at radius 1 is 1.05 bits per heavy atom. The normalized spacial score (nSPS) is 11.4. The SMILES string of the molecule is CC(=O)CN(CCOc1ccc(CCCCN=C(N)NC(=O)c2nc(Cl)c(N)nc2N)cc1)CC(N)=O. The molecule has 0 aliphatic heterocycles. The minimum atomic E-state index is -0.685. The summed E-state index contributed by atoms with van der Waals surface area (Å²) >= 11 is 5.78. The molecule has 0 unspecified atom stereocenters. The maximum Gasteiger partial charge on any atom is 0.280 e. The lowest BCUT2D eigenvalue weighted by Gasteiger charge is -2.19. The number of hydrogen-bond acceptors (Lipinski definition) is 10. The second-order valence-corrected chi connectivity index (χ2v) is 8.54. The highest BCUT2D eigenvalue weighted by molar-refractivity contribution is 6.31. The Balaban J connectivity index is 1.71. The minimum absolute atomic E-state index is 0.00468. The van der Waals surface area contributed by atoms with Gasteiger partial charge < -0.3 is 27.7 Å². The first-order chi connectivity index (χ1) is 17.5. The van der Waals surface area contributed by atoms with Crippen LogP contribution in [-0.4, -0.2) is 71.2 Å². The smallest absolute Gasteiger partial charge is 0.280 e. The summed E-state index contributed by atoms with van der Waals surface area (Å²) < 4.78 is 5.71. The first kappa shape index (κ1) is 29.3. The molecule has 2 aromatic rings. The van der Waals surface area contributed by atoms with E-state index in [4.69, 9.17) is 39.3 Å². The zero-order valence-electron chi connectivity index (χ0n) is 20.6. The molecule has 0 atom stereocenters. The molecular weight excluding hydrogens is 502 g/mol. The highest BCUT2D eigenvalue weighted by atomic mass is 35.5. The van der Waals surface area contributed by atoms with E-state index in [-0.39, 0.29) is 47.3 Å². The molecule has 0 fully saturated rings. The van der Waals surface area contributed by atoms with Gasteiger partial charge in [-0.25, -0.2) is 9.97 Å². The summed E-state index contributed by atoms with van der Waals surface area (Å²) in [4.78, 5) is 48.0. The zero-order valence-corrected chi connectivity index (χ0v) is 21.3. The van der Waals surface area contributed by atoms with Crippen LogP contribution in [0.2, 0.25) is 5.15 Å². The topological polar surface area (TPSA) is 218 Å². The molecular formula is C23H32ClN9O4. The lowest BCUT2D eigenvalue weighted by Crippen LogP contribution is -2.39. The molecule has 1 heterocycles. The number of benzene rings is 1. The van der Waals surface area contributed by atoms with E-state index in [0.717, 1.165) is 24.8 Å². The molecule has 2 rings (SSSR count). The van der Waals surface area contributed by atoms with Gasteiger partial charge in [0.05, 0.1) is 13.1 Å². The van der Waals surface area contributed by atoms with Crippen molar-refractivity contribution < 1.29 is 19.1 Å². The molecule has 0 saturated heterocycles. The van der Waals surface area contributed by atoms with Crippen LogP contribution in [0.25, 0.3) is 0 Å². The Kier molecular flexibility index (Phi) is 11.5. The second kappa shape index (κ2) is 14.6. The summed E-state index contributed by atoms with van der Waals surface area (Å²) in [7, 11) is 0. The van der Waals surface area contributed by atoms with Gasteiger partial charge in [0.25, 0.3) is 5.91 Å². The van der Waals surface area contributed by atoms with Gasteiger partial charge in [0.15, 0.2) is 28.4 Å². The number of Topliss-reactive ketones (excluding diaryl/α,β-unsaturated/α-hetero) is 1. The van der Waals surface area contributed by atoms with Gasteiger partial charge in [0.2, 0.25) is 5.91 Å². The Bertz CT molecular complexity index is 1110. The molecule has 200 valence electrons. The van der Waals surface area contributed by atoms with E-state index in [1.807, 2.05) is 24.3 Å². The Hall–Kier alpha value is -3.97. The first-order valence-electron chi connectivity index (χ1n) is 11.5. The van der Waals surface area contributed by atoms with E-state index in [0.29, 0.717) is 25.4 Å². The fourth-order valence-corrected chi connectivity index (χ4v) is 3.39. The van der Waals surface area contributed by atoms with Crippen molar-refractivity contribution in [2.24, 2.45) is 16.5 Å². The molecule has 1 aromatic heterocycles. The Morgan fingerprint density at radius 2 is 1.76 bits per heavy atom. The summed E-state index contributed by atoms with van der Waals surface area (Å²) in [5, 5.41) is 2.26. The fourth-order valence-electron chi connectivity index (χ4n) is 3.26. The van der Waals surface area contributed by atoms with E-state index in [1.165, 1.54) is 6.92 Å². The molecule has 0 aliphatic rings. The number of nitrogen functional groups attached to an aromatic ring is 2. The van der Waals surface area contributed by atoms with Crippen LogP contribution in [0.15, 0.2) is 29.3 Å². The van der Waals surface area contributed by atoms with Crippen molar-refractivity contribution in [2.45, 2.75) is 26.2 Å². The lowest BCUT2D eigenvalue weighted by atomic mass is 10.1. The van der Waals surface area contributed by atoms with Crippen molar-refractivity contribution in [1.29, 1.82) is 0 Å². The molecule has 37 heavy (non-hydrogen) atoms. The number of nitrogens with one attached hydrogen (secondary N) is 1. The van der Waals surface area contributed by atoms with Crippen LogP contribution in [0.3, 0.4) is 0 Å². The van der Waals surface area contributed by atoms with Crippen LogP contribution in [0.1, 0.15) is 35.8 Å². The number of aliphatic imine (C=N–C) groups is 1. The number of ether oxygens (including phenoxy) is 1. The molecule has 9 N–H and O–H groups in total. The largest absolute Gasteiger partial charge is 0.492 e. The van der Waals surface area contributed by atoms with Crippen molar-refractivity contribution in [1.82, 2.24) is 20.2 Å². The Morgan fingerprint density at radius 3 is 2.41 bits per heavy atom. The zero-order chi connectivity index (χ0) is 27.4. The maximum absolute atomic E-state index is 12.2. The van der Waals surface area contributed by atoms with Crippen molar-refractivity contribution >= 4 is 46.8 Å². The minimum Gasteiger partial charge on any atom is -0.492 e.